The average Bonchev–Trinajstić information content (AvgIpc) is 2.68. The number of fused-ring (bicyclic) bond motifs is 1. The Morgan fingerprint density at radius 1 is 1.10 bits per heavy atom. The van der Waals surface area contributed by atoms with E-state index in [0.29, 0.717) is 20.8 Å². The Kier molecular flexibility index (Phi) is 4.06. The van der Waals surface area contributed by atoms with Crippen LogP contribution in [0.4, 0.5) is 11.4 Å². The average molecular weight is 406 g/mol. The molecule has 1 unspecified atom stereocenters. The van der Waals surface area contributed by atoms with Crippen LogP contribution in [0.5, 0.6) is 0 Å². The van der Waals surface area contributed by atoms with E-state index in [9.17, 15) is 4.79 Å². The molecule has 1 aliphatic rings. The summed E-state index contributed by atoms with van der Waals surface area (Å²) in [5.41, 5.74) is 2.08. The number of carbonyl (C=O) groups excluding carboxylic acids is 1. The van der Waals surface area contributed by atoms with Crippen molar-refractivity contribution in [1.82, 2.24) is 0 Å². The van der Waals surface area contributed by atoms with Gasteiger partial charge in [-0.1, -0.05) is 56.8 Å². The summed E-state index contributed by atoms with van der Waals surface area (Å²) in [7, 11) is 0. The van der Waals surface area contributed by atoms with Crippen LogP contribution in [-0.2, 0) is 4.79 Å². The van der Waals surface area contributed by atoms with Gasteiger partial charge in [-0.15, -0.1) is 0 Å². The van der Waals surface area contributed by atoms with Crippen molar-refractivity contribution in [2.45, 2.75) is 6.04 Å². The van der Waals surface area contributed by atoms with Crippen LogP contribution in [-0.4, -0.2) is 5.91 Å². The second-order valence-corrected chi connectivity index (χ2v) is 6.71. The number of benzene rings is 2. The maximum atomic E-state index is 12.1. The van der Waals surface area contributed by atoms with Crippen LogP contribution in [0, 0.1) is 0 Å². The van der Waals surface area contributed by atoms with Gasteiger partial charge in [0, 0.05) is 20.7 Å². The van der Waals surface area contributed by atoms with Crippen molar-refractivity contribution in [1.29, 1.82) is 0 Å². The van der Waals surface area contributed by atoms with Crippen LogP contribution in [0.25, 0.3) is 0 Å². The highest BCUT2D eigenvalue weighted by atomic mass is 79.9. The molecule has 0 aliphatic carbocycles. The van der Waals surface area contributed by atoms with Gasteiger partial charge in [-0.25, -0.2) is 0 Å². The van der Waals surface area contributed by atoms with Crippen LogP contribution in [0.15, 0.2) is 34.8 Å². The lowest BCUT2D eigenvalue weighted by molar-refractivity contribution is -0.116. The van der Waals surface area contributed by atoms with Crippen molar-refractivity contribution in [3.63, 3.8) is 0 Å². The highest BCUT2D eigenvalue weighted by Gasteiger charge is 2.31. The number of carbonyl (C=O) groups is 1. The van der Waals surface area contributed by atoms with Gasteiger partial charge in [-0.3, -0.25) is 4.79 Å². The molecule has 1 atom stereocenters. The van der Waals surface area contributed by atoms with Crippen LogP contribution >= 0.6 is 50.7 Å². The molecule has 0 aromatic heterocycles. The predicted molar refractivity (Wildman–Crippen MR) is 90.6 cm³/mol. The summed E-state index contributed by atoms with van der Waals surface area (Å²) in [6.07, 6.45) is 0. The predicted octanol–water partition coefficient (Wildman–Crippen LogP) is 5.51. The Morgan fingerprint density at radius 2 is 1.76 bits per heavy atom. The molecule has 21 heavy (non-hydrogen) atoms. The monoisotopic (exact) mass is 404 g/mol. The Morgan fingerprint density at radius 3 is 2.43 bits per heavy atom. The summed E-state index contributed by atoms with van der Waals surface area (Å²) in [6.45, 7) is 0. The Labute approximate surface area is 144 Å². The van der Waals surface area contributed by atoms with E-state index in [0.717, 1.165) is 15.7 Å². The number of hydrogen-bond donors (Lipinski definition) is 2. The van der Waals surface area contributed by atoms with E-state index in [-0.39, 0.29) is 5.91 Å². The molecular weight excluding hydrogens is 398 g/mol. The van der Waals surface area contributed by atoms with Crippen molar-refractivity contribution in [2.24, 2.45) is 0 Å². The first-order valence-electron chi connectivity index (χ1n) is 5.97. The third-order valence-corrected chi connectivity index (χ3v) is 4.45. The minimum absolute atomic E-state index is 0.162. The van der Waals surface area contributed by atoms with Gasteiger partial charge in [0.1, 0.15) is 6.04 Å². The quantitative estimate of drug-likeness (QED) is 0.690. The lowest BCUT2D eigenvalue weighted by Crippen LogP contribution is -2.20. The molecule has 1 aliphatic heterocycles. The van der Waals surface area contributed by atoms with E-state index in [2.05, 4.69) is 26.6 Å². The van der Waals surface area contributed by atoms with Gasteiger partial charge >= 0.3 is 0 Å². The van der Waals surface area contributed by atoms with E-state index in [4.69, 9.17) is 34.8 Å². The van der Waals surface area contributed by atoms with Crippen molar-refractivity contribution < 1.29 is 4.79 Å². The summed E-state index contributed by atoms with van der Waals surface area (Å²) in [5, 5.41) is 7.07. The maximum absolute atomic E-state index is 12.1. The van der Waals surface area contributed by atoms with Crippen LogP contribution < -0.4 is 10.6 Å². The zero-order valence-corrected chi connectivity index (χ0v) is 14.2. The minimum Gasteiger partial charge on any atom is -0.368 e. The lowest BCUT2D eigenvalue weighted by atomic mass is 10.1. The van der Waals surface area contributed by atoms with Gasteiger partial charge in [0.15, 0.2) is 0 Å². The van der Waals surface area contributed by atoms with Gasteiger partial charge in [0.25, 0.3) is 5.91 Å². The number of hydrogen-bond acceptors (Lipinski definition) is 2. The standard InChI is InChI=1S/C14H8BrCl3N2O/c15-6-1-2-8-11(3-6)19-14(21)12(8)20-13-9(17)4-7(16)5-10(13)18/h1-5,12,20H,(H,19,21). The first-order chi connectivity index (χ1) is 9.95. The fourth-order valence-corrected chi connectivity index (χ4v) is 3.49. The number of rotatable bonds is 2. The normalized spacial score (nSPS) is 16.6. The molecule has 7 heteroatoms. The number of halogens is 4. The van der Waals surface area contributed by atoms with Crippen molar-refractivity contribution in [3.8, 4) is 0 Å². The van der Waals surface area contributed by atoms with Crippen LogP contribution in [0.2, 0.25) is 15.1 Å². The van der Waals surface area contributed by atoms with E-state index in [1.807, 2.05) is 18.2 Å². The van der Waals surface area contributed by atoms with Gasteiger partial charge in [0.2, 0.25) is 0 Å². The summed E-state index contributed by atoms with van der Waals surface area (Å²) < 4.78 is 0.893. The molecule has 2 aromatic rings. The molecule has 0 saturated heterocycles. The molecule has 0 bridgehead atoms. The Balaban J connectivity index is 1.99. The minimum atomic E-state index is -0.552. The molecule has 108 valence electrons. The summed E-state index contributed by atoms with van der Waals surface area (Å²) in [6, 6.07) is 8.19. The second-order valence-electron chi connectivity index (χ2n) is 4.54. The smallest absolute Gasteiger partial charge is 0.251 e. The fourth-order valence-electron chi connectivity index (χ4n) is 2.20. The highest BCUT2D eigenvalue weighted by Crippen LogP contribution is 2.40. The molecule has 1 heterocycles. The Hall–Kier alpha value is -0.940. The number of anilines is 2. The first-order valence-corrected chi connectivity index (χ1v) is 7.90. The molecule has 0 fully saturated rings. The first kappa shape index (κ1) is 15.0. The summed E-state index contributed by atoms with van der Waals surface area (Å²) >= 11 is 21.5. The van der Waals surface area contributed by atoms with Crippen LogP contribution in [0.3, 0.4) is 0 Å². The summed E-state index contributed by atoms with van der Waals surface area (Å²) in [5.74, 6) is -0.162. The van der Waals surface area contributed by atoms with E-state index >= 15 is 0 Å². The summed E-state index contributed by atoms with van der Waals surface area (Å²) in [4.78, 5) is 12.1. The van der Waals surface area contributed by atoms with E-state index < -0.39 is 6.04 Å². The lowest BCUT2D eigenvalue weighted by Gasteiger charge is -2.16. The van der Waals surface area contributed by atoms with Crippen molar-refractivity contribution in [2.75, 3.05) is 10.6 Å². The molecule has 0 spiro atoms. The zero-order valence-electron chi connectivity index (χ0n) is 10.4. The topological polar surface area (TPSA) is 41.1 Å². The van der Waals surface area contributed by atoms with Gasteiger partial charge in [0.05, 0.1) is 15.7 Å². The molecule has 3 rings (SSSR count). The van der Waals surface area contributed by atoms with Crippen LogP contribution in [0.1, 0.15) is 11.6 Å². The zero-order chi connectivity index (χ0) is 15.1. The molecule has 2 N–H and O–H groups in total. The number of amides is 1. The van der Waals surface area contributed by atoms with E-state index in [1.165, 1.54) is 0 Å². The van der Waals surface area contributed by atoms with Crippen molar-refractivity contribution in [3.05, 3.63) is 55.4 Å². The Bertz CT molecular complexity index is 728. The molecule has 3 nitrogen and oxygen atoms in total. The second kappa shape index (κ2) is 5.69. The van der Waals surface area contributed by atoms with E-state index in [1.54, 1.807) is 12.1 Å². The molecule has 0 radical (unpaired) electrons. The maximum Gasteiger partial charge on any atom is 0.251 e. The highest BCUT2D eigenvalue weighted by molar-refractivity contribution is 9.10. The SMILES string of the molecule is O=C1Nc2cc(Br)ccc2C1Nc1c(Cl)cc(Cl)cc1Cl. The molecule has 1 amide bonds. The molecule has 2 aromatic carbocycles. The third-order valence-electron chi connectivity index (χ3n) is 3.14. The molecular formula is C14H8BrCl3N2O. The fraction of sp³-hybridized carbons (Fsp3) is 0.0714. The molecule has 0 saturated carbocycles. The van der Waals surface area contributed by atoms with Gasteiger partial charge < -0.3 is 10.6 Å². The van der Waals surface area contributed by atoms with Gasteiger partial charge in [-0.05, 0) is 24.3 Å². The number of nitrogens with one attached hydrogen (secondary N) is 2. The van der Waals surface area contributed by atoms with Gasteiger partial charge in [-0.2, -0.15) is 0 Å². The third kappa shape index (κ3) is 2.86. The van der Waals surface area contributed by atoms with Crippen molar-refractivity contribution >= 4 is 68.0 Å². The largest absolute Gasteiger partial charge is 0.368 e.